The maximum atomic E-state index is 12.6. The van der Waals surface area contributed by atoms with E-state index in [-0.39, 0.29) is 17.2 Å². The first-order valence-electron chi connectivity index (χ1n) is 7.90. The Hall–Kier alpha value is -3.06. The van der Waals surface area contributed by atoms with Crippen molar-refractivity contribution in [1.82, 2.24) is 4.90 Å². The van der Waals surface area contributed by atoms with Crippen LogP contribution in [-0.4, -0.2) is 38.7 Å². The Bertz CT molecular complexity index is 937. The highest BCUT2D eigenvalue weighted by molar-refractivity contribution is 8.18. The fourth-order valence-electron chi connectivity index (χ4n) is 2.46. The molecule has 0 aromatic heterocycles. The molecule has 0 radical (unpaired) electrons. The summed E-state index contributed by atoms with van der Waals surface area (Å²) < 4.78 is 0. The lowest BCUT2D eigenvalue weighted by molar-refractivity contribution is -0.122. The molecule has 0 unspecified atom stereocenters. The number of carboxylic acids is 1. The van der Waals surface area contributed by atoms with Crippen LogP contribution in [-0.2, 0) is 4.79 Å². The van der Waals surface area contributed by atoms with Gasteiger partial charge in [0.25, 0.3) is 5.91 Å². The molecule has 26 heavy (non-hydrogen) atoms. The van der Waals surface area contributed by atoms with Crippen molar-refractivity contribution < 1.29 is 19.8 Å². The van der Waals surface area contributed by atoms with Crippen LogP contribution >= 0.6 is 11.8 Å². The number of phenolic OH excluding ortho intramolecular Hbond substituents is 1. The average molecular weight is 368 g/mol. The SMILES string of the molecule is CCN1C(=O)/C(=C/c2cccc(O)c2)SC1=Nc1cccc(C(=O)O)c1. The van der Waals surface area contributed by atoms with Gasteiger partial charge in [-0.3, -0.25) is 9.69 Å². The first-order chi connectivity index (χ1) is 12.5. The van der Waals surface area contributed by atoms with E-state index in [1.807, 2.05) is 6.92 Å². The van der Waals surface area contributed by atoms with Crippen molar-refractivity contribution in [3.63, 3.8) is 0 Å². The lowest BCUT2D eigenvalue weighted by Crippen LogP contribution is -2.28. The highest BCUT2D eigenvalue weighted by atomic mass is 32.2. The van der Waals surface area contributed by atoms with Gasteiger partial charge < -0.3 is 10.2 Å². The molecule has 0 spiro atoms. The van der Waals surface area contributed by atoms with Crippen LogP contribution in [0.2, 0.25) is 0 Å². The Morgan fingerprint density at radius 1 is 1.23 bits per heavy atom. The lowest BCUT2D eigenvalue weighted by Gasteiger charge is -2.12. The van der Waals surface area contributed by atoms with Gasteiger partial charge >= 0.3 is 5.97 Å². The number of hydrogen-bond acceptors (Lipinski definition) is 5. The Morgan fingerprint density at radius 2 is 2.00 bits per heavy atom. The second-order valence-corrected chi connectivity index (χ2v) is 6.51. The third-order valence-corrected chi connectivity index (χ3v) is 4.70. The van der Waals surface area contributed by atoms with Crippen LogP contribution in [0.5, 0.6) is 5.75 Å². The van der Waals surface area contributed by atoms with Crippen molar-refractivity contribution in [2.45, 2.75) is 6.92 Å². The average Bonchev–Trinajstić information content (AvgIpc) is 2.89. The molecule has 0 saturated carbocycles. The monoisotopic (exact) mass is 368 g/mol. The zero-order valence-corrected chi connectivity index (χ0v) is 14.7. The molecule has 1 aliphatic heterocycles. The molecule has 2 aromatic carbocycles. The summed E-state index contributed by atoms with van der Waals surface area (Å²) >= 11 is 1.22. The lowest BCUT2D eigenvalue weighted by atomic mass is 10.2. The molecule has 2 aromatic rings. The first kappa shape index (κ1) is 17.8. The van der Waals surface area contributed by atoms with Crippen LogP contribution in [0.4, 0.5) is 5.69 Å². The predicted octanol–water partition coefficient (Wildman–Crippen LogP) is 3.71. The van der Waals surface area contributed by atoms with Crippen LogP contribution in [0.25, 0.3) is 6.08 Å². The van der Waals surface area contributed by atoms with Crippen molar-refractivity contribution in [1.29, 1.82) is 0 Å². The number of aromatic hydroxyl groups is 1. The van der Waals surface area contributed by atoms with Crippen LogP contribution in [0, 0.1) is 0 Å². The van der Waals surface area contributed by atoms with E-state index in [1.165, 1.54) is 28.8 Å². The zero-order chi connectivity index (χ0) is 18.7. The largest absolute Gasteiger partial charge is 0.508 e. The van der Waals surface area contributed by atoms with Gasteiger partial charge in [0, 0.05) is 6.54 Å². The maximum absolute atomic E-state index is 12.6. The van der Waals surface area contributed by atoms with E-state index >= 15 is 0 Å². The Labute approximate surface area is 154 Å². The van der Waals surface area contributed by atoms with Crippen LogP contribution in [0.3, 0.4) is 0 Å². The Kier molecular flexibility index (Phi) is 5.09. The topological polar surface area (TPSA) is 90.2 Å². The van der Waals surface area contributed by atoms with Crippen LogP contribution in [0.1, 0.15) is 22.8 Å². The van der Waals surface area contributed by atoms with Crippen molar-refractivity contribution in [2.75, 3.05) is 6.54 Å². The van der Waals surface area contributed by atoms with Gasteiger partial charge in [0.2, 0.25) is 0 Å². The van der Waals surface area contributed by atoms with E-state index in [0.717, 1.165) is 0 Å². The van der Waals surface area contributed by atoms with Gasteiger partial charge in [-0.05, 0) is 60.7 Å². The van der Waals surface area contributed by atoms with Crippen LogP contribution in [0.15, 0.2) is 58.4 Å². The number of aromatic carboxylic acids is 1. The molecule has 2 N–H and O–H groups in total. The summed E-state index contributed by atoms with van der Waals surface area (Å²) in [4.78, 5) is 30.2. The second-order valence-electron chi connectivity index (χ2n) is 5.50. The molecule has 1 saturated heterocycles. The van der Waals surface area contributed by atoms with Gasteiger partial charge in [-0.2, -0.15) is 0 Å². The fraction of sp³-hybridized carbons (Fsp3) is 0.105. The number of nitrogens with zero attached hydrogens (tertiary/aromatic N) is 2. The first-order valence-corrected chi connectivity index (χ1v) is 8.72. The summed E-state index contributed by atoms with van der Waals surface area (Å²) in [7, 11) is 0. The van der Waals surface area contributed by atoms with E-state index in [0.29, 0.717) is 27.9 Å². The molecule has 3 rings (SSSR count). The molecule has 1 fully saturated rings. The number of amides is 1. The summed E-state index contributed by atoms with van der Waals surface area (Å²) in [6, 6.07) is 12.9. The molecule has 1 aliphatic rings. The molecule has 6 nitrogen and oxygen atoms in total. The van der Waals surface area contributed by atoms with Gasteiger partial charge in [0.05, 0.1) is 16.2 Å². The molecule has 7 heteroatoms. The quantitative estimate of drug-likeness (QED) is 0.803. The highest BCUT2D eigenvalue weighted by Gasteiger charge is 2.32. The van der Waals surface area contributed by atoms with Gasteiger partial charge in [-0.25, -0.2) is 9.79 Å². The van der Waals surface area contributed by atoms with Gasteiger partial charge in [0.1, 0.15) is 5.75 Å². The number of rotatable bonds is 4. The third-order valence-electron chi connectivity index (χ3n) is 3.69. The maximum Gasteiger partial charge on any atom is 0.335 e. The van der Waals surface area contributed by atoms with E-state index < -0.39 is 5.97 Å². The van der Waals surface area contributed by atoms with Gasteiger partial charge in [0.15, 0.2) is 5.17 Å². The van der Waals surface area contributed by atoms with E-state index in [4.69, 9.17) is 5.11 Å². The normalized spacial score (nSPS) is 17.3. The molecule has 1 amide bonds. The summed E-state index contributed by atoms with van der Waals surface area (Å²) in [5, 5.41) is 19.1. The smallest absolute Gasteiger partial charge is 0.335 e. The number of aliphatic imine (C=N–C) groups is 1. The molecule has 0 bridgehead atoms. The summed E-state index contributed by atoms with van der Waals surface area (Å²) in [6.07, 6.45) is 1.70. The Morgan fingerprint density at radius 3 is 2.69 bits per heavy atom. The second kappa shape index (κ2) is 7.45. The molecule has 0 atom stereocenters. The van der Waals surface area contributed by atoms with Gasteiger partial charge in [-0.1, -0.05) is 18.2 Å². The van der Waals surface area contributed by atoms with Crippen molar-refractivity contribution in [3.05, 3.63) is 64.6 Å². The number of likely N-dealkylation sites (N-methyl/N-ethyl adjacent to an activating group) is 1. The molecule has 132 valence electrons. The van der Waals surface area contributed by atoms with Crippen molar-refractivity contribution >= 4 is 40.6 Å². The van der Waals surface area contributed by atoms with Crippen LogP contribution < -0.4 is 0 Å². The number of carboxylic acid groups (broad SMARTS) is 1. The number of benzene rings is 2. The molecular weight excluding hydrogens is 352 g/mol. The molecule has 1 heterocycles. The summed E-state index contributed by atoms with van der Waals surface area (Å²) in [6.45, 7) is 2.29. The van der Waals surface area contributed by atoms with E-state index in [2.05, 4.69) is 4.99 Å². The number of thioether (sulfide) groups is 1. The molecular formula is C19H16N2O4S. The number of carbonyl (C=O) groups excluding carboxylic acids is 1. The minimum absolute atomic E-state index is 0.126. The predicted molar refractivity (Wildman–Crippen MR) is 102 cm³/mol. The Balaban J connectivity index is 1.94. The van der Waals surface area contributed by atoms with E-state index in [9.17, 15) is 14.7 Å². The minimum atomic E-state index is -1.03. The summed E-state index contributed by atoms with van der Waals surface area (Å²) in [5.41, 5.74) is 1.32. The number of phenols is 1. The zero-order valence-electron chi connectivity index (χ0n) is 13.9. The molecule has 0 aliphatic carbocycles. The fourth-order valence-corrected chi connectivity index (χ4v) is 3.52. The third kappa shape index (κ3) is 3.78. The summed E-state index contributed by atoms with van der Waals surface area (Å²) in [5.74, 6) is -1.07. The standard InChI is InChI=1S/C19H16N2O4S/c1-2-21-17(23)16(10-12-5-3-8-15(22)9-12)26-19(21)20-14-7-4-6-13(11-14)18(24)25/h3-11,22H,2H2,1H3,(H,24,25)/b16-10-,20-19?. The highest BCUT2D eigenvalue weighted by Crippen LogP contribution is 2.34. The van der Waals surface area contributed by atoms with Crippen molar-refractivity contribution in [2.24, 2.45) is 4.99 Å². The van der Waals surface area contributed by atoms with Gasteiger partial charge in [-0.15, -0.1) is 0 Å². The number of carbonyl (C=O) groups is 2. The van der Waals surface area contributed by atoms with E-state index in [1.54, 1.807) is 42.5 Å². The van der Waals surface area contributed by atoms with Crippen molar-refractivity contribution in [3.8, 4) is 5.75 Å². The number of amidine groups is 1. The number of hydrogen-bond donors (Lipinski definition) is 2. The minimum Gasteiger partial charge on any atom is -0.508 e.